The molecular formula is C17H18F3N3O2. The van der Waals surface area contributed by atoms with Crippen LogP contribution in [0.5, 0.6) is 5.88 Å². The second kappa shape index (κ2) is 7.79. The van der Waals surface area contributed by atoms with Crippen LogP contribution in [0.3, 0.4) is 0 Å². The highest BCUT2D eigenvalue weighted by atomic mass is 19.4. The Morgan fingerprint density at radius 1 is 1.24 bits per heavy atom. The summed E-state index contributed by atoms with van der Waals surface area (Å²) in [6.45, 7) is 2.98. The van der Waals surface area contributed by atoms with Crippen molar-refractivity contribution in [1.82, 2.24) is 14.9 Å². The summed E-state index contributed by atoms with van der Waals surface area (Å²) in [6.07, 6.45) is -0.406. The monoisotopic (exact) mass is 353 g/mol. The lowest BCUT2D eigenvalue weighted by molar-refractivity contribution is -0.137. The van der Waals surface area contributed by atoms with Gasteiger partial charge < -0.3 is 9.47 Å². The fourth-order valence-corrected chi connectivity index (χ4v) is 2.59. The molecule has 0 amide bonds. The molecule has 1 fully saturated rings. The number of ether oxygens (including phenoxy) is 2. The van der Waals surface area contributed by atoms with Crippen LogP contribution < -0.4 is 4.74 Å². The average molecular weight is 353 g/mol. The number of hydrogen-bond acceptors (Lipinski definition) is 5. The van der Waals surface area contributed by atoms with Gasteiger partial charge in [-0.2, -0.15) is 13.2 Å². The minimum atomic E-state index is -4.41. The van der Waals surface area contributed by atoms with Crippen molar-refractivity contribution in [3.63, 3.8) is 0 Å². The molecule has 1 aliphatic heterocycles. The van der Waals surface area contributed by atoms with Gasteiger partial charge in [-0.25, -0.2) is 4.98 Å². The first-order chi connectivity index (χ1) is 12.0. The molecule has 1 aliphatic rings. The zero-order valence-corrected chi connectivity index (χ0v) is 13.4. The van der Waals surface area contributed by atoms with Crippen LogP contribution in [0.2, 0.25) is 0 Å². The molecule has 8 heteroatoms. The fraction of sp³-hybridized carbons (Fsp3) is 0.412. The minimum Gasteiger partial charge on any atom is -0.471 e. The standard InChI is InChI=1S/C17H18F3N3O2/c18-17(19,20)14-3-4-16(22-9-14)25-15-11-23(6-7-24-12-15)10-13-2-1-5-21-8-13/h1-5,8-9,15H,6-7,10-12H2. The average Bonchev–Trinajstić information content (AvgIpc) is 2.80. The summed E-state index contributed by atoms with van der Waals surface area (Å²) >= 11 is 0. The Labute approximate surface area is 143 Å². The van der Waals surface area contributed by atoms with E-state index in [9.17, 15) is 13.2 Å². The molecule has 0 aliphatic carbocycles. The maximum Gasteiger partial charge on any atom is 0.417 e. The second-order valence-electron chi connectivity index (χ2n) is 5.79. The summed E-state index contributed by atoms with van der Waals surface area (Å²) in [5.74, 6) is 0.157. The van der Waals surface area contributed by atoms with E-state index in [1.807, 2.05) is 12.1 Å². The van der Waals surface area contributed by atoms with Crippen LogP contribution in [0.25, 0.3) is 0 Å². The number of pyridine rings is 2. The summed E-state index contributed by atoms with van der Waals surface area (Å²) < 4.78 is 49.0. The Morgan fingerprint density at radius 2 is 2.12 bits per heavy atom. The Morgan fingerprint density at radius 3 is 2.80 bits per heavy atom. The Kier molecular flexibility index (Phi) is 5.50. The van der Waals surface area contributed by atoms with Gasteiger partial charge in [0.2, 0.25) is 5.88 Å². The number of rotatable bonds is 4. The van der Waals surface area contributed by atoms with Crippen molar-refractivity contribution in [2.24, 2.45) is 0 Å². The van der Waals surface area contributed by atoms with Crippen LogP contribution in [0.1, 0.15) is 11.1 Å². The van der Waals surface area contributed by atoms with Crippen molar-refractivity contribution < 1.29 is 22.6 Å². The topological polar surface area (TPSA) is 47.5 Å². The first-order valence-corrected chi connectivity index (χ1v) is 7.89. The quantitative estimate of drug-likeness (QED) is 0.846. The molecule has 25 heavy (non-hydrogen) atoms. The van der Waals surface area contributed by atoms with Crippen molar-refractivity contribution in [3.05, 3.63) is 54.0 Å². The number of aromatic nitrogens is 2. The largest absolute Gasteiger partial charge is 0.471 e. The van der Waals surface area contributed by atoms with Crippen LogP contribution in [0, 0.1) is 0 Å². The van der Waals surface area contributed by atoms with Gasteiger partial charge in [0.15, 0.2) is 0 Å². The number of nitrogens with zero attached hydrogens (tertiary/aromatic N) is 3. The molecule has 0 aromatic carbocycles. The molecule has 0 saturated carbocycles. The predicted molar refractivity (Wildman–Crippen MR) is 84.0 cm³/mol. The van der Waals surface area contributed by atoms with Gasteiger partial charge in [-0.15, -0.1) is 0 Å². The van der Waals surface area contributed by atoms with Crippen LogP contribution in [-0.4, -0.2) is 47.3 Å². The Balaban J connectivity index is 1.61. The summed E-state index contributed by atoms with van der Waals surface area (Å²) in [5.41, 5.74) is 0.283. The maximum absolute atomic E-state index is 12.6. The van der Waals surface area contributed by atoms with Crippen molar-refractivity contribution in [1.29, 1.82) is 0 Å². The molecule has 134 valence electrons. The molecule has 5 nitrogen and oxygen atoms in total. The predicted octanol–water partition coefficient (Wildman–Crippen LogP) is 2.78. The lowest BCUT2D eigenvalue weighted by atomic mass is 10.2. The van der Waals surface area contributed by atoms with Gasteiger partial charge in [-0.3, -0.25) is 9.88 Å². The minimum absolute atomic E-state index is 0.157. The molecule has 2 aromatic heterocycles. The van der Waals surface area contributed by atoms with E-state index in [2.05, 4.69) is 14.9 Å². The summed E-state index contributed by atoms with van der Waals surface area (Å²) in [5, 5.41) is 0. The molecule has 0 bridgehead atoms. The molecule has 0 spiro atoms. The maximum atomic E-state index is 12.6. The Hall–Kier alpha value is -2.19. The van der Waals surface area contributed by atoms with E-state index >= 15 is 0 Å². The van der Waals surface area contributed by atoms with E-state index < -0.39 is 11.7 Å². The van der Waals surface area contributed by atoms with Crippen molar-refractivity contribution in [2.75, 3.05) is 26.3 Å². The van der Waals surface area contributed by atoms with Crippen molar-refractivity contribution in [3.8, 4) is 5.88 Å². The van der Waals surface area contributed by atoms with Gasteiger partial charge >= 0.3 is 6.18 Å². The molecule has 1 unspecified atom stereocenters. The third-order valence-corrected chi connectivity index (χ3v) is 3.80. The smallest absolute Gasteiger partial charge is 0.417 e. The van der Waals surface area contributed by atoms with Gasteiger partial charge in [0.05, 0.1) is 18.8 Å². The lowest BCUT2D eigenvalue weighted by Gasteiger charge is -2.23. The van der Waals surface area contributed by atoms with Gasteiger partial charge in [0, 0.05) is 44.3 Å². The van der Waals surface area contributed by atoms with E-state index in [1.165, 1.54) is 6.07 Å². The van der Waals surface area contributed by atoms with Crippen LogP contribution in [0.4, 0.5) is 13.2 Å². The number of hydrogen-bond donors (Lipinski definition) is 0. The van der Waals surface area contributed by atoms with Gasteiger partial charge in [-0.05, 0) is 17.7 Å². The highest BCUT2D eigenvalue weighted by Crippen LogP contribution is 2.29. The van der Waals surface area contributed by atoms with Crippen LogP contribution in [0.15, 0.2) is 42.9 Å². The molecule has 0 radical (unpaired) electrons. The highest BCUT2D eigenvalue weighted by molar-refractivity contribution is 5.20. The normalized spacial score (nSPS) is 19.4. The zero-order valence-electron chi connectivity index (χ0n) is 13.4. The second-order valence-corrected chi connectivity index (χ2v) is 5.79. The van der Waals surface area contributed by atoms with E-state index in [1.54, 1.807) is 12.4 Å². The molecule has 0 N–H and O–H groups in total. The van der Waals surface area contributed by atoms with E-state index in [4.69, 9.17) is 9.47 Å². The van der Waals surface area contributed by atoms with Crippen molar-refractivity contribution in [2.45, 2.75) is 18.8 Å². The summed E-state index contributed by atoms with van der Waals surface area (Å²) in [7, 11) is 0. The lowest BCUT2D eigenvalue weighted by Crippen LogP contribution is -2.35. The van der Waals surface area contributed by atoms with Gasteiger partial charge in [0.1, 0.15) is 6.10 Å². The SMILES string of the molecule is FC(F)(F)c1ccc(OC2COCCN(Cc3cccnc3)C2)nc1. The number of alkyl halides is 3. The van der Waals surface area contributed by atoms with Crippen LogP contribution >= 0.6 is 0 Å². The molecule has 3 rings (SSSR count). The first-order valence-electron chi connectivity index (χ1n) is 7.89. The fourth-order valence-electron chi connectivity index (χ4n) is 2.59. The molecule has 3 heterocycles. The first kappa shape index (κ1) is 17.6. The van der Waals surface area contributed by atoms with Crippen molar-refractivity contribution >= 4 is 0 Å². The summed E-state index contributed by atoms with van der Waals surface area (Å²) in [4.78, 5) is 10.0. The highest BCUT2D eigenvalue weighted by Gasteiger charge is 2.31. The van der Waals surface area contributed by atoms with E-state index in [-0.39, 0.29) is 12.0 Å². The van der Waals surface area contributed by atoms with Crippen LogP contribution in [-0.2, 0) is 17.5 Å². The third kappa shape index (κ3) is 5.14. The molecule has 2 aromatic rings. The summed E-state index contributed by atoms with van der Waals surface area (Å²) in [6, 6.07) is 6.07. The van der Waals surface area contributed by atoms with Gasteiger partial charge in [-0.1, -0.05) is 6.07 Å². The Bertz CT molecular complexity index is 665. The molecule has 1 atom stereocenters. The molecular weight excluding hydrogens is 335 g/mol. The van der Waals surface area contributed by atoms with E-state index in [0.717, 1.165) is 24.4 Å². The van der Waals surface area contributed by atoms with Gasteiger partial charge in [0.25, 0.3) is 0 Å². The molecule has 1 saturated heterocycles. The number of halogens is 3. The van der Waals surface area contributed by atoms with E-state index in [0.29, 0.717) is 26.3 Å². The third-order valence-electron chi connectivity index (χ3n) is 3.80. The zero-order chi connectivity index (χ0) is 17.7.